The number of carboxylic acids is 1. The number of rotatable bonds is 10. The van der Waals surface area contributed by atoms with Crippen molar-refractivity contribution >= 4 is 34.4 Å². The first-order chi connectivity index (χ1) is 17.9. The van der Waals surface area contributed by atoms with E-state index in [4.69, 9.17) is 9.47 Å². The molecule has 9 nitrogen and oxygen atoms in total. The number of urea groups is 1. The highest BCUT2D eigenvalue weighted by molar-refractivity contribution is 6.05. The highest BCUT2D eigenvalue weighted by Gasteiger charge is 2.27. The molecule has 9 heteroatoms. The van der Waals surface area contributed by atoms with Crippen molar-refractivity contribution in [2.75, 3.05) is 18.7 Å². The summed E-state index contributed by atoms with van der Waals surface area (Å²) in [4.78, 5) is 39.7. The zero-order chi connectivity index (χ0) is 26.4. The maximum absolute atomic E-state index is 13.5. The van der Waals surface area contributed by atoms with Gasteiger partial charge in [-0.3, -0.25) is 9.59 Å². The first-order valence-corrected chi connectivity index (χ1v) is 12.3. The molecule has 0 spiro atoms. The van der Waals surface area contributed by atoms with E-state index < -0.39 is 24.1 Å². The molecule has 1 aliphatic heterocycles. The number of likely N-dealkylation sites (N-methyl/N-ethyl adjacent to an activating group) is 1. The number of hydrogen-bond donors (Lipinski definition) is 3. The summed E-state index contributed by atoms with van der Waals surface area (Å²) < 4.78 is 10.7. The van der Waals surface area contributed by atoms with E-state index in [0.29, 0.717) is 23.5 Å². The van der Waals surface area contributed by atoms with E-state index in [-0.39, 0.29) is 19.1 Å². The maximum atomic E-state index is 13.5. The Balaban J connectivity index is 1.51. The van der Waals surface area contributed by atoms with Crippen LogP contribution in [-0.2, 0) is 9.59 Å². The molecule has 0 aromatic heterocycles. The summed E-state index contributed by atoms with van der Waals surface area (Å²) in [6.07, 6.45) is 1.70. The van der Waals surface area contributed by atoms with E-state index in [0.717, 1.165) is 29.3 Å². The number of unbranched alkanes of at least 4 members (excludes halogenated alkanes) is 1. The van der Waals surface area contributed by atoms with Gasteiger partial charge in [0.1, 0.15) is 6.04 Å². The Morgan fingerprint density at radius 1 is 1.00 bits per heavy atom. The van der Waals surface area contributed by atoms with E-state index in [1.807, 2.05) is 49.4 Å². The number of hydrogen-bond acceptors (Lipinski definition) is 5. The molecule has 37 heavy (non-hydrogen) atoms. The molecule has 4 rings (SSSR count). The predicted molar refractivity (Wildman–Crippen MR) is 140 cm³/mol. The normalized spacial score (nSPS) is 13.6. The lowest BCUT2D eigenvalue weighted by Gasteiger charge is -2.27. The van der Waals surface area contributed by atoms with Gasteiger partial charge in [-0.15, -0.1) is 0 Å². The van der Waals surface area contributed by atoms with E-state index in [1.54, 1.807) is 30.1 Å². The number of nitrogens with one attached hydrogen (secondary N) is 2. The molecule has 2 atom stereocenters. The minimum atomic E-state index is -1.07. The topological polar surface area (TPSA) is 117 Å². The molecular formula is C28H31N3O6. The van der Waals surface area contributed by atoms with Gasteiger partial charge >= 0.3 is 12.0 Å². The second-order valence-corrected chi connectivity index (χ2v) is 8.97. The molecule has 0 saturated heterocycles. The minimum Gasteiger partial charge on any atom is -0.481 e. The zero-order valence-corrected chi connectivity index (χ0v) is 20.9. The number of amides is 3. The molecule has 0 bridgehead atoms. The number of ether oxygens (including phenoxy) is 2. The smallest absolute Gasteiger partial charge is 0.315 e. The third-order valence-corrected chi connectivity index (χ3v) is 6.39. The van der Waals surface area contributed by atoms with Crippen molar-refractivity contribution in [3.05, 3.63) is 66.2 Å². The van der Waals surface area contributed by atoms with Crippen LogP contribution in [0.25, 0.3) is 10.8 Å². The summed E-state index contributed by atoms with van der Waals surface area (Å²) in [5.74, 6) is -0.276. The van der Waals surface area contributed by atoms with Gasteiger partial charge in [-0.25, -0.2) is 4.79 Å². The number of aliphatic carboxylic acids is 1. The Morgan fingerprint density at radius 3 is 2.54 bits per heavy atom. The van der Waals surface area contributed by atoms with Crippen LogP contribution in [0.4, 0.5) is 10.5 Å². The molecule has 1 aliphatic rings. The van der Waals surface area contributed by atoms with Gasteiger partial charge in [0.25, 0.3) is 0 Å². The predicted octanol–water partition coefficient (Wildman–Crippen LogP) is 4.61. The van der Waals surface area contributed by atoms with Gasteiger partial charge in [-0.2, -0.15) is 0 Å². The van der Waals surface area contributed by atoms with Crippen LogP contribution in [0.2, 0.25) is 0 Å². The summed E-state index contributed by atoms with van der Waals surface area (Å²) in [7, 11) is 1.70. The standard InChI is InChI=1S/C28H31N3O6/c1-3-4-11-21(27(34)31(2)23-12-7-9-18-8-5-6-10-20(18)23)29-28(35)30-22(16-26(32)33)19-13-14-24-25(15-19)37-17-36-24/h5-10,12-15,21-22H,3-4,11,16-17H2,1-2H3,(H,32,33)(H2,29,30,35)/t21-,22-/m0/s1. The van der Waals surface area contributed by atoms with Crippen LogP contribution in [0.15, 0.2) is 60.7 Å². The number of nitrogens with zero attached hydrogens (tertiary/aromatic N) is 1. The fourth-order valence-electron chi connectivity index (χ4n) is 4.43. The SMILES string of the molecule is CCCC[C@H](NC(=O)N[C@@H](CC(=O)O)c1ccc2c(c1)OCO2)C(=O)N(C)c1cccc2ccccc12. The van der Waals surface area contributed by atoms with Gasteiger partial charge in [0.2, 0.25) is 12.7 Å². The highest BCUT2D eigenvalue weighted by atomic mass is 16.7. The number of carboxylic acid groups (broad SMARTS) is 1. The Kier molecular flexibility index (Phi) is 8.12. The summed E-state index contributed by atoms with van der Waals surface area (Å²) >= 11 is 0. The van der Waals surface area contributed by atoms with Gasteiger partial charge in [0.05, 0.1) is 18.2 Å². The quantitative estimate of drug-likeness (QED) is 0.371. The Labute approximate surface area is 215 Å². The van der Waals surface area contributed by atoms with Crippen LogP contribution >= 0.6 is 0 Å². The monoisotopic (exact) mass is 505 g/mol. The number of fused-ring (bicyclic) bond motifs is 2. The molecule has 3 N–H and O–H groups in total. The first-order valence-electron chi connectivity index (χ1n) is 12.3. The molecule has 1 heterocycles. The number of carbonyl (C=O) groups excluding carboxylic acids is 2. The fourth-order valence-corrected chi connectivity index (χ4v) is 4.43. The lowest BCUT2D eigenvalue weighted by Crippen LogP contribution is -2.51. The third-order valence-electron chi connectivity index (χ3n) is 6.39. The number of carbonyl (C=O) groups is 3. The molecule has 3 aromatic rings. The van der Waals surface area contributed by atoms with Gasteiger partial charge in [0, 0.05) is 12.4 Å². The third kappa shape index (κ3) is 6.11. The van der Waals surface area contributed by atoms with Crippen LogP contribution in [0.3, 0.4) is 0 Å². The number of anilines is 1. The van der Waals surface area contributed by atoms with Gasteiger partial charge in [-0.05, 0) is 35.6 Å². The summed E-state index contributed by atoms with van der Waals surface area (Å²) in [6.45, 7) is 2.10. The molecule has 3 aromatic carbocycles. The van der Waals surface area contributed by atoms with Crippen molar-refractivity contribution in [2.24, 2.45) is 0 Å². The van der Waals surface area contributed by atoms with Crippen LogP contribution < -0.4 is 25.0 Å². The Morgan fingerprint density at radius 2 is 1.76 bits per heavy atom. The zero-order valence-electron chi connectivity index (χ0n) is 20.9. The van der Waals surface area contributed by atoms with Crippen molar-refractivity contribution in [2.45, 2.75) is 44.7 Å². The van der Waals surface area contributed by atoms with Crippen molar-refractivity contribution in [3.8, 4) is 11.5 Å². The van der Waals surface area contributed by atoms with Crippen molar-refractivity contribution < 1.29 is 29.0 Å². The Bertz CT molecular complexity index is 1290. The van der Waals surface area contributed by atoms with Crippen molar-refractivity contribution in [1.29, 1.82) is 0 Å². The van der Waals surface area contributed by atoms with E-state index in [1.165, 1.54) is 0 Å². The van der Waals surface area contributed by atoms with Crippen LogP contribution in [-0.4, -0.2) is 42.9 Å². The summed E-state index contributed by atoms with van der Waals surface area (Å²) in [6, 6.07) is 16.3. The van der Waals surface area contributed by atoms with Crippen LogP contribution in [0.5, 0.6) is 11.5 Å². The average molecular weight is 506 g/mol. The molecule has 0 saturated carbocycles. The largest absolute Gasteiger partial charge is 0.481 e. The molecule has 0 unspecified atom stereocenters. The lowest BCUT2D eigenvalue weighted by atomic mass is 10.0. The first kappa shape index (κ1) is 25.8. The molecule has 0 radical (unpaired) electrons. The average Bonchev–Trinajstić information content (AvgIpc) is 3.37. The van der Waals surface area contributed by atoms with Gasteiger partial charge in [0.15, 0.2) is 11.5 Å². The minimum absolute atomic E-state index is 0.0851. The van der Waals surface area contributed by atoms with E-state index in [9.17, 15) is 19.5 Å². The molecule has 0 fully saturated rings. The van der Waals surface area contributed by atoms with Crippen LogP contribution in [0.1, 0.15) is 44.2 Å². The molecule has 194 valence electrons. The van der Waals surface area contributed by atoms with E-state index >= 15 is 0 Å². The van der Waals surface area contributed by atoms with Gasteiger partial charge < -0.3 is 30.1 Å². The molecule has 0 aliphatic carbocycles. The second-order valence-electron chi connectivity index (χ2n) is 8.97. The van der Waals surface area contributed by atoms with Crippen molar-refractivity contribution in [3.63, 3.8) is 0 Å². The Hall–Kier alpha value is -4.27. The van der Waals surface area contributed by atoms with Crippen molar-refractivity contribution in [1.82, 2.24) is 10.6 Å². The van der Waals surface area contributed by atoms with E-state index in [2.05, 4.69) is 10.6 Å². The highest BCUT2D eigenvalue weighted by Crippen LogP contribution is 2.35. The maximum Gasteiger partial charge on any atom is 0.315 e. The summed E-state index contributed by atoms with van der Waals surface area (Å²) in [5.41, 5.74) is 1.31. The summed E-state index contributed by atoms with van der Waals surface area (Å²) in [5, 5.41) is 16.9. The second kappa shape index (κ2) is 11.6. The number of benzene rings is 3. The molecule has 3 amide bonds. The molecular weight excluding hydrogens is 474 g/mol. The fraction of sp³-hybridized carbons (Fsp3) is 0.321. The lowest BCUT2D eigenvalue weighted by molar-refractivity contribution is -0.137. The van der Waals surface area contributed by atoms with Gasteiger partial charge in [-0.1, -0.05) is 62.2 Å². The van der Waals surface area contributed by atoms with Crippen LogP contribution in [0, 0.1) is 0 Å².